The number of hydrogen-bond donors (Lipinski definition) is 2. The average molecular weight is 290 g/mol. The minimum absolute atomic E-state index is 0.0279. The van der Waals surface area contributed by atoms with E-state index in [1.54, 1.807) is 0 Å². The van der Waals surface area contributed by atoms with Crippen molar-refractivity contribution in [3.63, 3.8) is 0 Å². The predicted octanol–water partition coefficient (Wildman–Crippen LogP) is -1.10. The summed E-state index contributed by atoms with van der Waals surface area (Å²) < 4.78 is 33.8. The topological polar surface area (TPSA) is 126 Å². The molecule has 19 heavy (non-hydrogen) atoms. The molecule has 0 radical (unpaired) electrons. The SMILES string of the molecule is COC(=O)NCC1COc2c(S(N)(=O)=O)cnn2C1. The summed E-state index contributed by atoms with van der Waals surface area (Å²) in [7, 11) is -2.57. The highest BCUT2D eigenvalue weighted by molar-refractivity contribution is 7.89. The second-order valence-corrected chi connectivity index (χ2v) is 5.62. The van der Waals surface area contributed by atoms with Crippen LogP contribution in [0.5, 0.6) is 5.88 Å². The van der Waals surface area contributed by atoms with Crippen LogP contribution in [0.2, 0.25) is 0 Å². The van der Waals surface area contributed by atoms with Crippen molar-refractivity contribution in [3.05, 3.63) is 6.20 Å². The van der Waals surface area contributed by atoms with E-state index in [9.17, 15) is 13.2 Å². The number of aromatic nitrogens is 2. The van der Waals surface area contributed by atoms with E-state index in [1.165, 1.54) is 11.8 Å². The Kier molecular flexibility index (Phi) is 3.62. The Bertz CT molecular complexity index is 581. The molecular formula is C9H14N4O5S. The second-order valence-electron chi connectivity index (χ2n) is 4.09. The van der Waals surface area contributed by atoms with Crippen molar-refractivity contribution >= 4 is 16.1 Å². The number of nitrogens with one attached hydrogen (secondary N) is 1. The van der Waals surface area contributed by atoms with Crippen molar-refractivity contribution in [2.45, 2.75) is 11.4 Å². The molecule has 0 aromatic carbocycles. The van der Waals surface area contributed by atoms with Gasteiger partial charge in [0, 0.05) is 12.5 Å². The molecule has 3 N–H and O–H groups in total. The van der Waals surface area contributed by atoms with Crippen LogP contribution in [-0.4, -0.2) is 44.6 Å². The molecular weight excluding hydrogens is 276 g/mol. The summed E-state index contributed by atoms with van der Waals surface area (Å²) in [5.74, 6) is 0.108. The number of amides is 1. The molecule has 0 fully saturated rings. The fraction of sp³-hybridized carbons (Fsp3) is 0.556. The lowest BCUT2D eigenvalue weighted by Gasteiger charge is -2.24. The Hall–Kier alpha value is -1.81. The van der Waals surface area contributed by atoms with Gasteiger partial charge in [-0.15, -0.1) is 0 Å². The van der Waals surface area contributed by atoms with Crippen LogP contribution in [0.3, 0.4) is 0 Å². The molecule has 0 saturated heterocycles. The van der Waals surface area contributed by atoms with E-state index >= 15 is 0 Å². The quantitative estimate of drug-likeness (QED) is 0.727. The molecule has 10 heteroatoms. The van der Waals surface area contributed by atoms with Crippen LogP contribution >= 0.6 is 0 Å². The van der Waals surface area contributed by atoms with Gasteiger partial charge in [0.2, 0.25) is 15.9 Å². The van der Waals surface area contributed by atoms with Crippen LogP contribution in [0.15, 0.2) is 11.1 Å². The van der Waals surface area contributed by atoms with Crippen molar-refractivity contribution in [2.24, 2.45) is 11.1 Å². The summed E-state index contributed by atoms with van der Waals surface area (Å²) in [6, 6.07) is 0. The fourth-order valence-corrected chi connectivity index (χ4v) is 2.35. The molecule has 0 saturated carbocycles. The van der Waals surface area contributed by atoms with Gasteiger partial charge in [0.1, 0.15) is 0 Å². The van der Waals surface area contributed by atoms with E-state index in [2.05, 4.69) is 15.2 Å². The molecule has 106 valence electrons. The molecule has 1 aliphatic rings. The average Bonchev–Trinajstić information content (AvgIpc) is 2.78. The molecule has 0 spiro atoms. The Morgan fingerprint density at radius 2 is 2.47 bits per heavy atom. The highest BCUT2D eigenvalue weighted by Gasteiger charge is 2.28. The fourth-order valence-electron chi connectivity index (χ4n) is 1.75. The summed E-state index contributed by atoms with van der Waals surface area (Å²) in [5, 5.41) is 11.5. The third-order valence-electron chi connectivity index (χ3n) is 2.67. The minimum Gasteiger partial charge on any atom is -0.476 e. The number of nitrogens with two attached hydrogens (primary N) is 1. The molecule has 0 bridgehead atoms. The van der Waals surface area contributed by atoms with Crippen molar-refractivity contribution in [1.82, 2.24) is 15.1 Å². The summed E-state index contributed by atoms with van der Waals surface area (Å²) in [6.07, 6.45) is 0.623. The normalized spacial score (nSPS) is 18.3. The highest BCUT2D eigenvalue weighted by atomic mass is 32.2. The van der Waals surface area contributed by atoms with Crippen LogP contribution in [0.1, 0.15) is 0 Å². The summed E-state index contributed by atoms with van der Waals surface area (Å²) in [6.45, 7) is 1.03. The third-order valence-corrected chi connectivity index (χ3v) is 3.57. The zero-order chi connectivity index (χ0) is 14.0. The van der Waals surface area contributed by atoms with E-state index in [-0.39, 0.29) is 23.3 Å². The molecule has 1 atom stereocenters. The first-order valence-corrected chi connectivity index (χ1v) is 6.99. The lowest BCUT2D eigenvalue weighted by Crippen LogP contribution is -2.37. The van der Waals surface area contributed by atoms with Crippen molar-refractivity contribution in [1.29, 1.82) is 0 Å². The van der Waals surface area contributed by atoms with E-state index < -0.39 is 16.1 Å². The van der Waals surface area contributed by atoms with E-state index in [0.717, 1.165) is 6.20 Å². The highest BCUT2D eigenvalue weighted by Crippen LogP contribution is 2.27. The molecule has 1 aromatic rings. The summed E-state index contributed by atoms with van der Waals surface area (Å²) >= 11 is 0. The van der Waals surface area contributed by atoms with Crippen LogP contribution in [0, 0.1) is 5.92 Å². The van der Waals surface area contributed by atoms with Crippen LogP contribution < -0.4 is 15.2 Å². The Morgan fingerprint density at radius 1 is 1.74 bits per heavy atom. The van der Waals surface area contributed by atoms with Gasteiger partial charge in [0.25, 0.3) is 0 Å². The minimum atomic E-state index is -3.85. The molecule has 0 aliphatic carbocycles. The van der Waals surface area contributed by atoms with Gasteiger partial charge in [0.05, 0.1) is 26.5 Å². The van der Waals surface area contributed by atoms with Gasteiger partial charge in [0.15, 0.2) is 4.90 Å². The summed E-state index contributed by atoms with van der Waals surface area (Å²) in [5.41, 5.74) is 0. The molecule has 2 heterocycles. The smallest absolute Gasteiger partial charge is 0.406 e. The second kappa shape index (κ2) is 5.05. The van der Waals surface area contributed by atoms with Crippen molar-refractivity contribution < 1.29 is 22.7 Å². The lowest BCUT2D eigenvalue weighted by atomic mass is 10.1. The maximum absolute atomic E-state index is 11.3. The number of fused-ring (bicyclic) bond motifs is 1. The third kappa shape index (κ3) is 2.96. The zero-order valence-electron chi connectivity index (χ0n) is 10.2. The van der Waals surface area contributed by atoms with E-state index in [4.69, 9.17) is 9.88 Å². The Labute approximate surface area is 109 Å². The number of nitrogens with zero attached hydrogens (tertiary/aromatic N) is 2. The number of sulfonamides is 1. The van der Waals surface area contributed by atoms with E-state index in [0.29, 0.717) is 13.1 Å². The maximum atomic E-state index is 11.3. The van der Waals surface area contributed by atoms with Gasteiger partial charge in [-0.3, -0.25) is 0 Å². The van der Waals surface area contributed by atoms with Gasteiger partial charge < -0.3 is 14.8 Å². The number of primary sulfonamides is 1. The number of rotatable bonds is 3. The van der Waals surface area contributed by atoms with Gasteiger partial charge in [-0.2, -0.15) is 5.10 Å². The van der Waals surface area contributed by atoms with Gasteiger partial charge >= 0.3 is 6.09 Å². The lowest BCUT2D eigenvalue weighted by molar-refractivity contribution is 0.144. The molecule has 1 aliphatic heterocycles. The van der Waals surface area contributed by atoms with Gasteiger partial charge in [-0.1, -0.05) is 0 Å². The molecule has 1 unspecified atom stereocenters. The summed E-state index contributed by atoms with van der Waals surface area (Å²) in [4.78, 5) is 10.8. The molecule has 2 rings (SSSR count). The van der Waals surface area contributed by atoms with Gasteiger partial charge in [-0.05, 0) is 0 Å². The number of methoxy groups -OCH3 is 1. The van der Waals surface area contributed by atoms with Crippen molar-refractivity contribution in [3.8, 4) is 5.88 Å². The molecule has 1 amide bonds. The maximum Gasteiger partial charge on any atom is 0.406 e. The van der Waals surface area contributed by atoms with Crippen LogP contribution in [0.4, 0.5) is 4.79 Å². The zero-order valence-corrected chi connectivity index (χ0v) is 11.0. The predicted molar refractivity (Wildman–Crippen MR) is 63.0 cm³/mol. The largest absolute Gasteiger partial charge is 0.476 e. The first kappa shape index (κ1) is 13.6. The van der Waals surface area contributed by atoms with E-state index in [1.807, 2.05) is 0 Å². The Balaban J connectivity index is 2.06. The molecule has 1 aromatic heterocycles. The number of ether oxygens (including phenoxy) is 2. The number of carbonyl (C=O) groups is 1. The monoisotopic (exact) mass is 290 g/mol. The Morgan fingerprint density at radius 3 is 3.11 bits per heavy atom. The standard InChI is InChI=1S/C9H14N4O5S/c1-17-9(14)11-2-6-4-13-8(18-5-6)7(3-12-13)19(10,15)16/h3,6H,2,4-5H2,1H3,(H,11,14)(H2,10,15,16). The molecule has 9 nitrogen and oxygen atoms in total. The van der Waals surface area contributed by atoms with Crippen LogP contribution in [-0.2, 0) is 21.3 Å². The number of alkyl carbamates (subject to hydrolysis) is 1. The number of hydrogen-bond acceptors (Lipinski definition) is 6. The van der Waals surface area contributed by atoms with Crippen LogP contribution in [0.25, 0.3) is 0 Å². The van der Waals surface area contributed by atoms with Gasteiger partial charge in [-0.25, -0.2) is 23.0 Å². The number of carbonyl (C=O) groups excluding carboxylic acids is 1. The first-order chi connectivity index (χ1) is 8.91. The first-order valence-electron chi connectivity index (χ1n) is 5.45. The van der Waals surface area contributed by atoms with Crippen molar-refractivity contribution in [2.75, 3.05) is 20.3 Å².